The highest BCUT2D eigenvalue weighted by molar-refractivity contribution is 9.10. The van der Waals surface area contributed by atoms with Gasteiger partial charge in [-0.05, 0) is 52.7 Å². The Bertz CT molecular complexity index is 824. The van der Waals surface area contributed by atoms with E-state index in [1.54, 1.807) is 24.3 Å². The van der Waals surface area contributed by atoms with Crippen LogP contribution in [0, 0.1) is 0 Å². The molecule has 0 radical (unpaired) electrons. The largest absolute Gasteiger partial charge is 0.398 e. The lowest BCUT2D eigenvalue weighted by atomic mass is 10.1. The second-order valence-corrected chi connectivity index (χ2v) is 7.87. The van der Waals surface area contributed by atoms with Crippen molar-refractivity contribution in [2.45, 2.75) is 11.3 Å². The molecule has 0 aromatic heterocycles. The fraction of sp³-hybridized carbons (Fsp3) is 0.143. The molecule has 1 aliphatic heterocycles. The van der Waals surface area contributed by atoms with Crippen LogP contribution in [0.5, 0.6) is 0 Å². The fourth-order valence-corrected chi connectivity index (χ4v) is 4.62. The van der Waals surface area contributed by atoms with Crippen LogP contribution in [0.4, 0.5) is 11.4 Å². The monoisotopic (exact) mass is 386 g/mol. The van der Waals surface area contributed by atoms with Crippen LogP contribution in [0.2, 0.25) is 5.02 Å². The molecule has 21 heavy (non-hydrogen) atoms. The van der Waals surface area contributed by atoms with Crippen LogP contribution in [0.1, 0.15) is 5.56 Å². The third-order valence-corrected chi connectivity index (χ3v) is 6.52. The van der Waals surface area contributed by atoms with Crippen LogP contribution in [0.3, 0.4) is 0 Å². The average molecular weight is 388 g/mol. The van der Waals surface area contributed by atoms with Crippen molar-refractivity contribution in [2.24, 2.45) is 0 Å². The fourth-order valence-electron chi connectivity index (χ4n) is 2.45. The van der Waals surface area contributed by atoms with E-state index in [1.807, 2.05) is 0 Å². The molecule has 0 spiro atoms. The number of nitrogens with two attached hydrogens (primary N) is 1. The summed E-state index contributed by atoms with van der Waals surface area (Å²) in [6, 6.07) is 9.92. The molecule has 0 bridgehead atoms. The summed E-state index contributed by atoms with van der Waals surface area (Å²) in [7, 11) is -3.62. The van der Waals surface area contributed by atoms with E-state index in [-0.39, 0.29) is 4.90 Å². The Morgan fingerprint density at radius 1 is 1.24 bits per heavy atom. The van der Waals surface area contributed by atoms with Gasteiger partial charge in [-0.1, -0.05) is 17.7 Å². The van der Waals surface area contributed by atoms with Gasteiger partial charge < -0.3 is 5.73 Å². The van der Waals surface area contributed by atoms with E-state index in [4.69, 9.17) is 17.3 Å². The number of nitrogens with zero attached hydrogens (tertiary/aromatic N) is 1. The highest BCUT2D eigenvalue weighted by Gasteiger charge is 2.31. The molecule has 0 amide bonds. The Labute approximate surface area is 136 Å². The summed E-state index contributed by atoms with van der Waals surface area (Å²) in [6.45, 7) is 0.395. The first kappa shape index (κ1) is 14.7. The van der Waals surface area contributed by atoms with E-state index in [0.717, 1.165) is 5.56 Å². The van der Waals surface area contributed by atoms with Gasteiger partial charge in [-0.3, -0.25) is 4.31 Å². The summed E-state index contributed by atoms with van der Waals surface area (Å²) in [5, 5.41) is 0.472. The van der Waals surface area contributed by atoms with Crippen LogP contribution in [-0.2, 0) is 16.4 Å². The number of hydrogen-bond donors (Lipinski definition) is 1. The second-order valence-electron chi connectivity index (χ2n) is 4.75. The number of anilines is 2. The lowest BCUT2D eigenvalue weighted by molar-refractivity contribution is 0.592. The molecule has 0 fully saturated rings. The smallest absolute Gasteiger partial charge is 0.264 e. The summed E-state index contributed by atoms with van der Waals surface area (Å²) < 4.78 is 27.5. The summed E-state index contributed by atoms with van der Waals surface area (Å²) in [4.78, 5) is 0.203. The van der Waals surface area contributed by atoms with Gasteiger partial charge in [0.05, 0.1) is 15.6 Å². The van der Waals surface area contributed by atoms with Gasteiger partial charge in [0.2, 0.25) is 0 Å². The van der Waals surface area contributed by atoms with E-state index < -0.39 is 10.0 Å². The molecule has 4 nitrogen and oxygen atoms in total. The summed E-state index contributed by atoms with van der Waals surface area (Å²) in [5.74, 6) is 0. The number of benzene rings is 2. The summed E-state index contributed by atoms with van der Waals surface area (Å²) in [5.41, 5.74) is 8.08. The zero-order valence-corrected chi connectivity index (χ0v) is 14.0. The molecule has 2 N–H and O–H groups in total. The number of halogens is 2. The van der Waals surface area contributed by atoms with Gasteiger partial charge in [0, 0.05) is 22.3 Å². The maximum Gasteiger partial charge on any atom is 0.264 e. The van der Waals surface area contributed by atoms with E-state index in [9.17, 15) is 8.42 Å². The molecular formula is C14H12BrClN2O2S. The van der Waals surface area contributed by atoms with Gasteiger partial charge in [0.15, 0.2) is 0 Å². The topological polar surface area (TPSA) is 63.4 Å². The molecule has 0 saturated heterocycles. The highest BCUT2D eigenvalue weighted by Crippen LogP contribution is 2.36. The van der Waals surface area contributed by atoms with Crippen molar-refractivity contribution < 1.29 is 8.42 Å². The van der Waals surface area contributed by atoms with Crippen LogP contribution < -0.4 is 10.0 Å². The standard InChI is InChI=1S/C14H12BrClN2O2S/c15-11-8-9(4-5-12(11)16)21(19,20)18-7-6-10-13(17)2-1-3-14(10)18/h1-5,8H,6-7,17H2. The van der Waals surface area contributed by atoms with E-state index in [0.29, 0.717) is 33.8 Å². The molecule has 2 aromatic carbocycles. The molecule has 1 aliphatic rings. The molecule has 110 valence electrons. The van der Waals surface area contributed by atoms with Crippen molar-refractivity contribution in [1.29, 1.82) is 0 Å². The number of sulfonamides is 1. The third kappa shape index (κ3) is 2.41. The molecule has 0 atom stereocenters. The van der Waals surface area contributed by atoms with Crippen LogP contribution >= 0.6 is 27.5 Å². The van der Waals surface area contributed by atoms with E-state index in [2.05, 4.69) is 15.9 Å². The predicted molar refractivity (Wildman–Crippen MR) is 88.2 cm³/mol. The third-order valence-electron chi connectivity index (χ3n) is 3.50. The van der Waals surface area contributed by atoms with Crippen LogP contribution in [0.15, 0.2) is 45.8 Å². The number of hydrogen-bond acceptors (Lipinski definition) is 3. The minimum Gasteiger partial charge on any atom is -0.398 e. The van der Waals surface area contributed by atoms with Crippen LogP contribution in [-0.4, -0.2) is 15.0 Å². The van der Waals surface area contributed by atoms with Gasteiger partial charge >= 0.3 is 0 Å². The van der Waals surface area contributed by atoms with Crippen LogP contribution in [0.25, 0.3) is 0 Å². The molecule has 7 heteroatoms. The van der Waals surface area contributed by atoms with Gasteiger partial charge in [-0.25, -0.2) is 8.42 Å². The number of fused-ring (bicyclic) bond motifs is 1. The maximum atomic E-state index is 12.8. The lowest BCUT2D eigenvalue weighted by Gasteiger charge is -2.20. The molecule has 3 rings (SSSR count). The lowest BCUT2D eigenvalue weighted by Crippen LogP contribution is -2.29. The first-order chi connectivity index (χ1) is 9.91. The molecule has 0 saturated carbocycles. The Morgan fingerprint density at radius 2 is 2.00 bits per heavy atom. The highest BCUT2D eigenvalue weighted by atomic mass is 79.9. The second kappa shape index (κ2) is 5.19. The Morgan fingerprint density at radius 3 is 2.71 bits per heavy atom. The first-order valence-corrected chi connectivity index (χ1v) is 8.87. The van der Waals surface area contributed by atoms with E-state index >= 15 is 0 Å². The Kier molecular flexibility index (Phi) is 3.63. The number of nitrogen functional groups attached to an aromatic ring is 1. The summed E-state index contributed by atoms with van der Waals surface area (Å²) in [6.07, 6.45) is 0.621. The average Bonchev–Trinajstić information content (AvgIpc) is 2.88. The van der Waals surface area contributed by atoms with Crippen molar-refractivity contribution in [3.63, 3.8) is 0 Å². The van der Waals surface area contributed by atoms with E-state index in [1.165, 1.54) is 16.4 Å². The first-order valence-electron chi connectivity index (χ1n) is 6.26. The minimum absolute atomic E-state index is 0.203. The van der Waals surface area contributed by atoms with Crippen molar-refractivity contribution >= 4 is 48.9 Å². The molecule has 2 aromatic rings. The zero-order chi connectivity index (χ0) is 15.2. The van der Waals surface area contributed by atoms with Crippen molar-refractivity contribution in [2.75, 3.05) is 16.6 Å². The summed E-state index contributed by atoms with van der Waals surface area (Å²) >= 11 is 9.18. The normalized spacial score (nSPS) is 14.3. The zero-order valence-electron chi connectivity index (χ0n) is 10.9. The van der Waals surface area contributed by atoms with Crippen molar-refractivity contribution in [3.05, 3.63) is 51.5 Å². The van der Waals surface area contributed by atoms with Gasteiger partial charge in [-0.15, -0.1) is 0 Å². The quantitative estimate of drug-likeness (QED) is 0.803. The van der Waals surface area contributed by atoms with Crippen molar-refractivity contribution in [3.8, 4) is 0 Å². The predicted octanol–water partition coefficient (Wildman–Crippen LogP) is 3.44. The Balaban J connectivity index is 2.09. The molecule has 0 unspecified atom stereocenters. The number of rotatable bonds is 2. The Hall–Kier alpha value is -1.24. The molecular weight excluding hydrogens is 376 g/mol. The van der Waals surface area contributed by atoms with Crippen molar-refractivity contribution in [1.82, 2.24) is 0 Å². The maximum absolute atomic E-state index is 12.8. The minimum atomic E-state index is -3.62. The molecule has 1 heterocycles. The van der Waals surface area contributed by atoms with Gasteiger partial charge in [0.1, 0.15) is 0 Å². The SMILES string of the molecule is Nc1cccc2c1CCN2S(=O)(=O)c1ccc(Cl)c(Br)c1. The van der Waals surface area contributed by atoms with Gasteiger partial charge in [-0.2, -0.15) is 0 Å². The van der Waals surface area contributed by atoms with Gasteiger partial charge in [0.25, 0.3) is 10.0 Å². The molecule has 0 aliphatic carbocycles.